The second-order valence-electron chi connectivity index (χ2n) is 18.3. The van der Waals surface area contributed by atoms with Crippen LogP contribution < -0.4 is 4.90 Å². The van der Waals surface area contributed by atoms with E-state index >= 15 is 0 Å². The summed E-state index contributed by atoms with van der Waals surface area (Å²) in [6.45, 7) is 0. The van der Waals surface area contributed by atoms with E-state index in [0.29, 0.717) is 10.8 Å². The summed E-state index contributed by atoms with van der Waals surface area (Å²) >= 11 is 0. The van der Waals surface area contributed by atoms with E-state index in [1.807, 2.05) is 0 Å². The van der Waals surface area contributed by atoms with Gasteiger partial charge in [-0.3, -0.25) is 0 Å². The fourth-order valence-corrected chi connectivity index (χ4v) is 13.8. The van der Waals surface area contributed by atoms with Crippen molar-refractivity contribution >= 4 is 17.1 Å². The monoisotopic (exact) mass is 755 g/mol. The molecule has 0 aromatic heterocycles. The Hall–Kier alpha value is -6.44. The van der Waals surface area contributed by atoms with E-state index in [4.69, 9.17) is 0 Å². The van der Waals surface area contributed by atoms with Gasteiger partial charge in [0.1, 0.15) is 0 Å². The summed E-state index contributed by atoms with van der Waals surface area (Å²) in [5, 5.41) is 0. The van der Waals surface area contributed by atoms with E-state index in [9.17, 15) is 0 Å². The van der Waals surface area contributed by atoms with Gasteiger partial charge in [-0.05, 0) is 164 Å². The molecule has 0 aliphatic heterocycles. The molecule has 14 rings (SSSR count). The third-order valence-electron chi connectivity index (χ3n) is 15.7. The zero-order valence-electron chi connectivity index (χ0n) is 33.2. The normalized spacial score (nSPS) is 24.8. The largest absolute Gasteiger partial charge is 0.311 e. The average Bonchev–Trinajstić information content (AvgIpc) is 3.51. The molecule has 0 radical (unpaired) electrons. The van der Waals surface area contributed by atoms with Gasteiger partial charge in [-0.2, -0.15) is 0 Å². The van der Waals surface area contributed by atoms with Gasteiger partial charge in [-0.25, -0.2) is 0 Å². The number of anilines is 3. The van der Waals surface area contributed by atoms with Crippen LogP contribution in [0.4, 0.5) is 17.1 Å². The molecule has 1 nitrogen and oxygen atoms in total. The summed E-state index contributed by atoms with van der Waals surface area (Å²) in [4.78, 5) is 2.36. The highest BCUT2D eigenvalue weighted by atomic mass is 15.1. The number of hydrogen-bond acceptors (Lipinski definition) is 1. The molecule has 0 unspecified atom stereocenters. The van der Waals surface area contributed by atoms with Gasteiger partial charge < -0.3 is 4.90 Å². The molecule has 6 aliphatic carbocycles. The van der Waals surface area contributed by atoms with Crippen molar-refractivity contribution < 1.29 is 0 Å². The minimum absolute atomic E-state index is 0.235. The predicted molar refractivity (Wildman–Crippen MR) is 244 cm³/mol. The number of benzene rings is 8. The highest BCUT2D eigenvalue weighted by molar-refractivity contribution is 5.89. The molecule has 0 atom stereocenters. The predicted octanol–water partition coefficient (Wildman–Crippen LogP) is 15.3. The van der Waals surface area contributed by atoms with E-state index in [-0.39, 0.29) is 5.41 Å². The van der Waals surface area contributed by atoms with Crippen molar-refractivity contribution in [1.29, 1.82) is 0 Å². The first-order valence-electron chi connectivity index (χ1n) is 21.7. The standard InChI is InChI=1S/C58H45N/c1-3-9-41(10-4-1)44-19-26-49(27-20-44)59(50-28-21-45(22-29-50)42-11-5-2-6-12-42)51-30-23-46(24-31-51)43-15-17-47(18-16-43)48-25-32-53-52-13-7-8-14-54(52)58(55(53)34-48)56-35-39-33-40(37-56)38-57(56,58)36-39/h1-32,34,39-40H,33,35-38H2. The zero-order chi connectivity index (χ0) is 38.8. The molecule has 8 aromatic carbocycles. The first kappa shape index (κ1) is 33.5. The van der Waals surface area contributed by atoms with Crippen LogP contribution in [0.5, 0.6) is 0 Å². The van der Waals surface area contributed by atoms with Crippen LogP contribution in [-0.2, 0) is 5.41 Å². The Morgan fingerprint density at radius 3 is 1.15 bits per heavy atom. The minimum Gasteiger partial charge on any atom is -0.311 e. The van der Waals surface area contributed by atoms with Gasteiger partial charge in [-0.1, -0.05) is 158 Å². The maximum Gasteiger partial charge on any atom is 0.0462 e. The van der Waals surface area contributed by atoms with Crippen LogP contribution in [0.3, 0.4) is 0 Å². The molecule has 0 heterocycles. The molecule has 6 aliphatic rings. The molecule has 1 heteroatoms. The Kier molecular flexibility index (Phi) is 6.98. The van der Waals surface area contributed by atoms with Crippen LogP contribution in [0.25, 0.3) is 55.6 Å². The van der Waals surface area contributed by atoms with Crippen molar-refractivity contribution in [3.05, 3.63) is 211 Å². The lowest BCUT2D eigenvalue weighted by Gasteiger charge is -2.41. The second-order valence-corrected chi connectivity index (χ2v) is 18.3. The van der Waals surface area contributed by atoms with Crippen LogP contribution in [0.15, 0.2) is 200 Å². The van der Waals surface area contributed by atoms with Gasteiger partial charge in [0.2, 0.25) is 0 Å². The lowest BCUT2D eigenvalue weighted by Crippen LogP contribution is -2.34. The Morgan fingerprint density at radius 1 is 0.322 bits per heavy atom. The first-order valence-corrected chi connectivity index (χ1v) is 21.7. The van der Waals surface area contributed by atoms with Gasteiger partial charge >= 0.3 is 0 Å². The highest BCUT2D eigenvalue weighted by Crippen LogP contribution is 2.98. The summed E-state index contributed by atoms with van der Waals surface area (Å²) in [5.74, 6) is 1.94. The van der Waals surface area contributed by atoms with E-state index in [2.05, 4.69) is 205 Å². The van der Waals surface area contributed by atoms with Crippen molar-refractivity contribution in [3.63, 3.8) is 0 Å². The van der Waals surface area contributed by atoms with Gasteiger partial charge in [0.15, 0.2) is 0 Å². The lowest BCUT2D eigenvalue weighted by atomic mass is 9.63. The Bertz CT molecular complexity index is 2770. The molecule has 8 aromatic rings. The summed E-state index contributed by atoms with van der Waals surface area (Å²) < 4.78 is 0. The Morgan fingerprint density at radius 2 is 0.678 bits per heavy atom. The molecule has 0 saturated heterocycles. The van der Waals surface area contributed by atoms with Crippen molar-refractivity contribution in [2.24, 2.45) is 22.7 Å². The molecule has 3 spiro atoms. The van der Waals surface area contributed by atoms with Crippen LogP contribution in [0, 0.1) is 22.7 Å². The summed E-state index contributed by atoms with van der Waals surface area (Å²) in [6.07, 6.45) is 7.30. The minimum atomic E-state index is 0.235. The molecular formula is C58H45N. The Balaban J connectivity index is 0.816. The van der Waals surface area contributed by atoms with Crippen molar-refractivity contribution in [2.45, 2.75) is 37.5 Å². The maximum atomic E-state index is 2.62. The van der Waals surface area contributed by atoms with Crippen LogP contribution >= 0.6 is 0 Å². The summed E-state index contributed by atoms with van der Waals surface area (Å²) in [5.41, 5.74) is 20.9. The smallest absolute Gasteiger partial charge is 0.0462 e. The number of fused-ring (bicyclic) bond motifs is 5. The third kappa shape index (κ3) is 4.56. The van der Waals surface area contributed by atoms with E-state index < -0.39 is 0 Å². The van der Waals surface area contributed by atoms with Gasteiger partial charge in [0.25, 0.3) is 0 Å². The fraction of sp³-hybridized carbons (Fsp3) is 0.172. The van der Waals surface area contributed by atoms with Crippen molar-refractivity contribution in [3.8, 4) is 55.6 Å². The zero-order valence-corrected chi connectivity index (χ0v) is 33.2. The van der Waals surface area contributed by atoms with Crippen LogP contribution in [-0.4, -0.2) is 0 Å². The Labute approximate surface area is 347 Å². The lowest BCUT2D eigenvalue weighted by molar-refractivity contribution is 0.159. The summed E-state index contributed by atoms with van der Waals surface area (Å²) in [7, 11) is 0. The van der Waals surface area contributed by atoms with Crippen LogP contribution in [0.2, 0.25) is 0 Å². The fourth-order valence-electron chi connectivity index (χ4n) is 13.8. The van der Waals surface area contributed by atoms with E-state index in [1.165, 1.54) is 87.7 Å². The average molecular weight is 756 g/mol. The SMILES string of the molecule is c1ccc(-c2ccc(N(c3ccc(-c4ccccc4)cc3)c3ccc(-c4ccc(-c5ccc6c(c5)C5(c7ccccc7-6)C67CC8CC(C6)CC75C8)cc4)cc3)cc2)cc1. The molecule has 5 fully saturated rings. The number of rotatable bonds is 7. The van der Waals surface area contributed by atoms with E-state index in [0.717, 1.165) is 28.9 Å². The first-order chi connectivity index (χ1) is 29.1. The quantitative estimate of drug-likeness (QED) is 0.157. The maximum absolute atomic E-state index is 2.62. The second kappa shape index (κ2) is 12.3. The van der Waals surface area contributed by atoms with Gasteiger partial charge in [-0.15, -0.1) is 0 Å². The molecule has 0 N–H and O–H groups in total. The molecule has 4 bridgehead atoms. The molecular weight excluding hydrogens is 711 g/mol. The van der Waals surface area contributed by atoms with Crippen LogP contribution in [0.1, 0.15) is 43.2 Å². The van der Waals surface area contributed by atoms with E-state index in [1.54, 1.807) is 11.1 Å². The number of nitrogens with zero attached hydrogens (tertiary/aromatic N) is 1. The molecule has 5 saturated carbocycles. The third-order valence-corrected chi connectivity index (χ3v) is 15.7. The summed E-state index contributed by atoms with van der Waals surface area (Å²) in [6, 6.07) is 74.4. The number of hydrogen-bond donors (Lipinski definition) is 0. The topological polar surface area (TPSA) is 3.24 Å². The van der Waals surface area contributed by atoms with Gasteiger partial charge in [0.05, 0.1) is 0 Å². The molecule has 282 valence electrons. The van der Waals surface area contributed by atoms with Crippen molar-refractivity contribution in [2.75, 3.05) is 4.90 Å². The highest BCUT2D eigenvalue weighted by Gasteiger charge is 2.94. The molecule has 59 heavy (non-hydrogen) atoms. The van der Waals surface area contributed by atoms with Gasteiger partial charge in [0, 0.05) is 22.5 Å². The molecule has 0 amide bonds. The van der Waals surface area contributed by atoms with Crippen molar-refractivity contribution in [1.82, 2.24) is 0 Å².